The van der Waals surface area contributed by atoms with Gasteiger partial charge in [-0.2, -0.15) is 13.9 Å². The molecule has 0 aliphatic rings. The van der Waals surface area contributed by atoms with E-state index < -0.39 is 24.1 Å². The number of rotatable bonds is 13. The van der Waals surface area contributed by atoms with Crippen LogP contribution in [0.25, 0.3) is 5.70 Å². The zero-order valence-electron chi connectivity index (χ0n) is 26.0. The summed E-state index contributed by atoms with van der Waals surface area (Å²) in [5.41, 5.74) is 10.3. The lowest BCUT2D eigenvalue weighted by Crippen LogP contribution is -2.34. The number of nitrogens with one attached hydrogen (secondary N) is 1. The summed E-state index contributed by atoms with van der Waals surface area (Å²) < 4.78 is 44.8. The lowest BCUT2D eigenvalue weighted by atomic mass is 9.99. The van der Waals surface area contributed by atoms with Crippen LogP contribution in [0, 0.1) is 20.8 Å². The Morgan fingerprint density at radius 3 is 2.37 bits per heavy atom. The van der Waals surface area contributed by atoms with Gasteiger partial charge in [-0.25, -0.2) is 10.2 Å². The number of hydrogen-bond acceptors (Lipinski definition) is 7. The van der Waals surface area contributed by atoms with Crippen LogP contribution in [-0.2, 0) is 13.0 Å². The number of amides is 1. The predicted octanol–water partition coefficient (Wildman–Crippen LogP) is 5.07. The summed E-state index contributed by atoms with van der Waals surface area (Å²) in [7, 11) is 3.78. The van der Waals surface area contributed by atoms with Crippen LogP contribution in [0.2, 0.25) is 0 Å². The Morgan fingerprint density at radius 1 is 1.09 bits per heavy atom. The quantitative estimate of drug-likeness (QED) is 0.186. The van der Waals surface area contributed by atoms with Crippen molar-refractivity contribution in [2.45, 2.75) is 40.5 Å². The third-order valence-corrected chi connectivity index (χ3v) is 7.79. The summed E-state index contributed by atoms with van der Waals surface area (Å²) in [6.07, 6.45) is 3.19. The molecule has 0 aliphatic carbocycles. The largest absolute Gasteiger partial charge is 0.397 e. The van der Waals surface area contributed by atoms with E-state index in [1.165, 1.54) is 5.01 Å². The molecule has 2 aromatic carbocycles. The lowest BCUT2D eigenvalue weighted by molar-refractivity contribution is -0.0285. The highest BCUT2D eigenvalue weighted by Crippen LogP contribution is 2.38. The third-order valence-electron chi connectivity index (χ3n) is 7.79. The summed E-state index contributed by atoms with van der Waals surface area (Å²) in [5, 5.41) is 8.26. The van der Waals surface area contributed by atoms with Gasteiger partial charge < -0.3 is 20.9 Å². The fourth-order valence-corrected chi connectivity index (χ4v) is 4.75. The Morgan fingerprint density at radius 2 is 1.79 bits per heavy atom. The van der Waals surface area contributed by atoms with E-state index in [1.807, 2.05) is 46.7 Å². The SMILES string of the molecule is CCN(C)CCN(CC)c1cc(NC(=O)c2ccc(C)c(N(N)/C=C(\N)c3cnn(C)c3C)c2)cc(C(F)(F)CF)c1C. The van der Waals surface area contributed by atoms with Crippen molar-refractivity contribution in [1.29, 1.82) is 0 Å². The number of likely N-dealkylation sites (N-methyl/N-ethyl adjacent to an activating group) is 2. The Labute approximate surface area is 251 Å². The number of benzene rings is 2. The number of alkyl halides is 3. The van der Waals surface area contributed by atoms with Gasteiger partial charge in [-0.15, -0.1) is 0 Å². The van der Waals surface area contributed by atoms with Crippen molar-refractivity contribution < 1.29 is 18.0 Å². The highest BCUT2D eigenvalue weighted by molar-refractivity contribution is 6.05. The van der Waals surface area contributed by atoms with E-state index in [0.29, 0.717) is 36.7 Å². The lowest BCUT2D eigenvalue weighted by Gasteiger charge is -2.30. The summed E-state index contributed by atoms with van der Waals surface area (Å²) in [5.74, 6) is 2.08. The first-order valence-corrected chi connectivity index (χ1v) is 14.2. The van der Waals surface area contributed by atoms with Gasteiger partial charge in [0.15, 0.2) is 6.67 Å². The third kappa shape index (κ3) is 7.68. The highest BCUT2D eigenvalue weighted by Gasteiger charge is 2.35. The van der Waals surface area contributed by atoms with E-state index in [1.54, 1.807) is 48.3 Å². The molecule has 1 heterocycles. The van der Waals surface area contributed by atoms with Crippen molar-refractivity contribution in [1.82, 2.24) is 14.7 Å². The van der Waals surface area contributed by atoms with Gasteiger partial charge in [-0.1, -0.05) is 13.0 Å². The van der Waals surface area contributed by atoms with Crippen LogP contribution >= 0.6 is 0 Å². The van der Waals surface area contributed by atoms with Gasteiger partial charge in [0.2, 0.25) is 0 Å². The zero-order chi connectivity index (χ0) is 32.1. The number of nitrogens with two attached hydrogens (primary N) is 2. The van der Waals surface area contributed by atoms with E-state index in [9.17, 15) is 18.0 Å². The number of aryl methyl sites for hydroxylation is 2. The topological polar surface area (TPSA) is 109 Å². The molecule has 0 bridgehead atoms. The first kappa shape index (κ1) is 33.5. The van der Waals surface area contributed by atoms with Gasteiger partial charge in [-0.3, -0.25) is 14.5 Å². The number of nitrogens with zero attached hydrogens (tertiary/aromatic N) is 5. The fourth-order valence-electron chi connectivity index (χ4n) is 4.75. The molecule has 5 N–H and O–H groups in total. The molecular formula is C31H43F3N8O. The van der Waals surface area contributed by atoms with Crippen LogP contribution in [0.3, 0.4) is 0 Å². The van der Waals surface area contributed by atoms with Crippen molar-refractivity contribution in [3.63, 3.8) is 0 Å². The van der Waals surface area contributed by atoms with Crippen LogP contribution in [0.4, 0.5) is 30.2 Å². The average Bonchev–Trinajstić information content (AvgIpc) is 3.31. The summed E-state index contributed by atoms with van der Waals surface area (Å²) in [6.45, 7) is 10.0. The van der Waals surface area contributed by atoms with Gasteiger partial charge in [0, 0.05) is 66.6 Å². The molecule has 3 aromatic rings. The highest BCUT2D eigenvalue weighted by atomic mass is 19.3. The van der Waals surface area contributed by atoms with Crippen LogP contribution < -0.4 is 26.8 Å². The smallest absolute Gasteiger partial charge is 0.301 e. The van der Waals surface area contributed by atoms with Crippen LogP contribution in [0.1, 0.15) is 52.2 Å². The predicted molar refractivity (Wildman–Crippen MR) is 168 cm³/mol. The van der Waals surface area contributed by atoms with E-state index in [4.69, 9.17) is 11.6 Å². The van der Waals surface area contributed by atoms with Crippen molar-refractivity contribution in [3.8, 4) is 0 Å². The Bertz CT molecular complexity index is 1470. The van der Waals surface area contributed by atoms with Crippen LogP contribution in [0.5, 0.6) is 0 Å². The summed E-state index contributed by atoms with van der Waals surface area (Å²) in [4.78, 5) is 17.5. The first-order valence-electron chi connectivity index (χ1n) is 14.2. The molecule has 234 valence electrons. The minimum absolute atomic E-state index is 0.138. The van der Waals surface area contributed by atoms with Crippen molar-refractivity contribution in [3.05, 3.63) is 76.2 Å². The van der Waals surface area contributed by atoms with Gasteiger partial charge >= 0.3 is 5.92 Å². The summed E-state index contributed by atoms with van der Waals surface area (Å²) in [6, 6.07) is 7.74. The maximum absolute atomic E-state index is 14.8. The molecule has 43 heavy (non-hydrogen) atoms. The molecule has 0 saturated heterocycles. The Balaban J connectivity index is 1.96. The van der Waals surface area contributed by atoms with E-state index >= 15 is 0 Å². The number of carbonyl (C=O) groups excluding carboxylic acids is 1. The maximum atomic E-state index is 14.8. The maximum Gasteiger partial charge on any atom is 0.301 e. The number of carbonyl (C=O) groups is 1. The molecule has 0 fully saturated rings. The number of anilines is 3. The van der Waals surface area contributed by atoms with Crippen molar-refractivity contribution >= 4 is 28.7 Å². The normalized spacial score (nSPS) is 12.1. The molecule has 0 aliphatic heterocycles. The molecule has 3 rings (SSSR count). The molecule has 0 saturated carbocycles. The molecule has 1 amide bonds. The van der Waals surface area contributed by atoms with Crippen LogP contribution in [-0.4, -0.2) is 60.5 Å². The van der Waals surface area contributed by atoms with Crippen LogP contribution in [0.15, 0.2) is 42.7 Å². The minimum Gasteiger partial charge on any atom is -0.397 e. The summed E-state index contributed by atoms with van der Waals surface area (Å²) >= 11 is 0. The molecule has 9 nitrogen and oxygen atoms in total. The number of halogens is 3. The van der Waals surface area contributed by atoms with Gasteiger partial charge in [-0.05, 0) is 76.7 Å². The second-order valence-corrected chi connectivity index (χ2v) is 10.7. The number of hydrogen-bond donors (Lipinski definition) is 3. The van der Waals surface area contributed by atoms with Crippen molar-refractivity contribution in [2.75, 3.05) is 55.1 Å². The zero-order valence-corrected chi connectivity index (χ0v) is 26.0. The van der Waals surface area contributed by atoms with Crippen molar-refractivity contribution in [2.24, 2.45) is 18.6 Å². The second kappa shape index (κ2) is 14.0. The minimum atomic E-state index is -3.71. The monoisotopic (exact) mass is 600 g/mol. The molecule has 0 radical (unpaired) electrons. The average molecular weight is 601 g/mol. The van der Waals surface area contributed by atoms with Gasteiger partial charge in [0.25, 0.3) is 5.91 Å². The van der Waals surface area contributed by atoms with E-state index in [-0.39, 0.29) is 16.8 Å². The molecule has 0 spiro atoms. The molecule has 0 unspecified atom stereocenters. The standard InChI is InChI=1S/C31H43F3N8O/c1-8-39(6)12-13-41(9-2)29-16-24(15-26(21(29)4)31(33,34)19-32)38-30(43)23-11-10-20(3)28(14-23)42(36)18-27(35)25-17-37-40(7)22(25)5/h10-11,14-18H,8-9,12-13,19,35-36H2,1-7H3,(H,38,43)/b27-18-. The number of hydrazine groups is 1. The van der Waals surface area contributed by atoms with Gasteiger partial charge in [0.1, 0.15) is 0 Å². The van der Waals surface area contributed by atoms with E-state index in [0.717, 1.165) is 29.4 Å². The second-order valence-electron chi connectivity index (χ2n) is 10.7. The molecule has 0 atom stereocenters. The molecular weight excluding hydrogens is 557 g/mol. The Kier molecular flexibility index (Phi) is 10.9. The molecule has 1 aromatic heterocycles. The number of aromatic nitrogens is 2. The van der Waals surface area contributed by atoms with Gasteiger partial charge in [0.05, 0.1) is 17.6 Å². The fraction of sp³-hybridized carbons (Fsp3) is 0.419. The molecule has 12 heteroatoms. The first-order chi connectivity index (χ1) is 20.2. The van der Waals surface area contributed by atoms with E-state index in [2.05, 4.69) is 15.3 Å². The Hall–Kier alpha value is -4.03.